The predicted molar refractivity (Wildman–Crippen MR) is 59.1 cm³/mol. The zero-order chi connectivity index (χ0) is 13.2. The highest BCUT2D eigenvalue weighted by Gasteiger charge is 2.33. The van der Waals surface area contributed by atoms with Gasteiger partial charge in [-0.25, -0.2) is 0 Å². The molecule has 0 aliphatic carbocycles. The van der Waals surface area contributed by atoms with Crippen molar-refractivity contribution >= 4 is 17.5 Å². The van der Waals surface area contributed by atoms with Crippen molar-refractivity contribution in [2.24, 2.45) is 0 Å². The van der Waals surface area contributed by atoms with E-state index in [-0.39, 0.29) is 11.6 Å². The monoisotopic (exact) mass is 265 g/mol. The number of carbonyl (C=O) groups excluding carboxylic acids is 1. The first kappa shape index (κ1) is 13.8. The molecule has 0 saturated carbocycles. The van der Waals surface area contributed by atoms with Gasteiger partial charge in [-0.15, -0.1) is 0 Å². The highest BCUT2D eigenvalue weighted by atomic mass is 35.5. The normalized spacial score (nSPS) is 11.7. The van der Waals surface area contributed by atoms with Gasteiger partial charge in [0.15, 0.2) is 0 Å². The number of rotatable bonds is 2. The van der Waals surface area contributed by atoms with Crippen LogP contribution in [0.1, 0.15) is 29.8 Å². The Kier molecular flexibility index (Phi) is 4.03. The standard InChI is InChI=1S/C11H11ClF3NO/c1-6(2)16-10(17)7-3-4-9(12)8(5-7)11(13,14)15/h3-6H,1-2H3,(H,16,17). The summed E-state index contributed by atoms with van der Waals surface area (Å²) in [5.41, 5.74) is -1.06. The van der Waals surface area contributed by atoms with Gasteiger partial charge in [-0.3, -0.25) is 4.79 Å². The Morgan fingerprint density at radius 2 is 1.94 bits per heavy atom. The van der Waals surface area contributed by atoms with Gasteiger partial charge in [-0.2, -0.15) is 13.2 Å². The zero-order valence-corrected chi connectivity index (χ0v) is 9.99. The third-order valence-electron chi connectivity index (χ3n) is 1.95. The van der Waals surface area contributed by atoms with Crippen molar-refractivity contribution in [3.63, 3.8) is 0 Å². The summed E-state index contributed by atoms with van der Waals surface area (Å²) in [5.74, 6) is -0.554. The van der Waals surface area contributed by atoms with E-state index in [9.17, 15) is 18.0 Å². The van der Waals surface area contributed by atoms with Crippen LogP contribution in [0.25, 0.3) is 0 Å². The van der Waals surface area contributed by atoms with Crippen LogP contribution in [0.4, 0.5) is 13.2 Å². The van der Waals surface area contributed by atoms with Gasteiger partial charge in [0.1, 0.15) is 0 Å². The molecule has 0 bridgehead atoms. The number of nitrogens with one attached hydrogen (secondary N) is 1. The van der Waals surface area contributed by atoms with Crippen LogP contribution < -0.4 is 5.32 Å². The molecule has 0 unspecified atom stereocenters. The number of hydrogen-bond donors (Lipinski definition) is 1. The van der Waals surface area contributed by atoms with Crippen molar-refractivity contribution in [3.05, 3.63) is 34.3 Å². The second-order valence-corrected chi connectivity index (χ2v) is 4.23. The van der Waals surface area contributed by atoms with Crippen molar-refractivity contribution in [2.45, 2.75) is 26.1 Å². The lowest BCUT2D eigenvalue weighted by atomic mass is 10.1. The number of amides is 1. The van der Waals surface area contributed by atoms with E-state index in [2.05, 4.69) is 5.32 Å². The van der Waals surface area contributed by atoms with Crippen LogP contribution in [-0.2, 0) is 6.18 Å². The molecule has 1 N–H and O–H groups in total. The first-order chi connectivity index (χ1) is 7.71. The second-order valence-electron chi connectivity index (χ2n) is 3.82. The fourth-order valence-corrected chi connectivity index (χ4v) is 1.45. The Balaban J connectivity index is 3.09. The SMILES string of the molecule is CC(C)NC(=O)c1ccc(Cl)c(C(F)(F)F)c1. The molecule has 0 fully saturated rings. The minimum Gasteiger partial charge on any atom is -0.350 e. The maximum absolute atomic E-state index is 12.5. The van der Waals surface area contributed by atoms with Gasteiger partial charge in [-0.1, -0.05) is 11.6 Å². The molecule has 0 spiro atoms. The molecule has 0 atom stereocenters. The molecule has 0 radical (unpaired) electrons. The average Bonchev–Trinajstić information content (AvgIpc) is 2.15. The molecule has 6 heteroatoms. The summed E-state index contributed by atoms with van der Waals surface area (Å²) in [5, 5.41) is 2.09. The molecule has 0 aromatic heterocycles. The van der Waals surface area contributed by atoms with Crippen LogP contribution in [-0.4, -0.2) is 11.9 Å². The number of carbonyl (C=O) groups is 1. The van der Waals surface area contributed by atoms with Crippen LogP contribution in [0, 0.1) is 0 Å². The second kappa shape index (κ2) is 4.96. The Labute approximate surface area is 102 Å². The fourth-order valence-electron chi connectivity index (χ4n) is 1.23. The maximum atomic E-state index is 12.5. The molecule has 1 rings (SSSR count). The lowest BCUT2D eigenvalue weighted by molar-refractivity contribution is -0.137. The van der Waals surface area contributed by atoms with E-state index in [1.54, 1.807) is 13.8 Å². The molecule has 0 aliphatic heterocycles. The van der Waals surface area contributed by atoms with Gasteiger partial charge in [0.2, 0.25) is 0 Å². The number of alkyl halides is 3. The summed E-state index contributed by atoms with van der Waals surface area (Å²) in [6.45, 7) is 3.44. The van der Waals surface area contributed by atoms with Crippen LogP contribution >= 0.6 is 11.6 Å². The van der Waals surface area contributed by atoms with Crippen LogP contribution in [0.5, 0.6) is 0 Å². The van der Waals surface area contributed by atoms with E-state index in [0.29, 0.717) is 0 Å². The Morgan fingerprint density at radius 3 is 2.41 bits per heavy atom. The quantitative estimate of drug-likeness (QED) is 0.871. The molecule has 94 valence electrons. The van der Waals surface area contributed by atoms with Gasteiger partial charge in [0.05, 0.1) is 10.6 Å². The zero-order valence-electron chi connectivity index (χ0n) is 9.23. The maximum Gasteiger partial charge on any atom is 0.417 e. The lowest BCUT2D eigenvalue weighted by Gasteiger charge is -2.12. The predicted octanol–water partition coefficient (Wildman–Crippen LogP) is 3.50. The van der Waals surface area contributed by atoms with Gasteiger partial charge >= 0.3 is 6.18 Å². The molecule has 0 heterocycles. The summed E-state index contributed by atoms with van der Waals surface area (Å²) < 4.78 is 37.6. The van der Waals surface area contributed by atoms with E-state index >= 15 is 0 Å². The van der Waals surface area contributed by atoms with E-state index < -0.39 is 22.7 Å². The Bertz CT molecular complexity index is 429. The van der Waals surface area contributed by atoms with E-state index in [1.807, 2.05) is 0 Å². The Morgan fingerprint density at radius 1 is 1.35 bits per heavy atom. The summed E-state index contributed by atoms with van der Waals surface area (Å²) in [4.78, 5) is 11.5. The van der Waals surface area contributed by atoms with Crippen molar-refractivity contribution in [1.29, 1.82) is 0 Å². The smallest absolute Gasteiger partial charge is 0.350 e. The minimum absolute atomic E-state index is 0.0598. The highest BCUT2D eigenvalue weighted by molar-refractivity contribution is 6.31. The molecular weight excluding hydrogens is 255 g/mol. The molecular formula is C11H11ClF3NO. The van der Waals surface area contributed by atoms with Crippen LogP contribution in [0.3, 0.4) is 0 Å². The minimum atomic E-state index is -4.56. The van der Waals surface area contributed by atoms with Gasteiger partial charge in [0.25, 0.3) is 5.91 Å². The number of benzene rings is 1. The molecule has 1 aromatic rings. The van der Waals surface area contributed by atoms with Gasteiger partial charge < -0.3 is 5.32 Å². The molecule has 1 aromatic carbocycles. The van der Waals surface area contributed by atoms with Crippen molar-refractivity contribution in [2.75, 3.05) is 0 Å². The summed E-state index contributed by atoms with van der Waals surface area (Å²) >= 11 is 5.44. The molecule has 0 aliphatic rings. The first-order valence-electron chi connectivity index (χ1n) is 4.89. The average molecular weight is 266 g/mol. The third-order valence-corrected chi connectivity index (χ3v) is 2.28. The van der Waals surface area contributed by atoms with E-state index in [1.165, 1.54) is 6.07 Å². The van der Waals surface area contributed by atoms with Gasteiger partial charge in [-0.05, 0) is 32.0 Å². The fraction of sp³-hybridized carbons (Fsp3) is 0.364. The molecule has 17 heavy (non-hydrogen) atoms. The first-order valence-corrected chi connectivity index (χ1v) is 5.27. The number of halogens is 4. The van der Waals surface area contributed by atoms with Crippen molar-refractivity contribution < 1.29 is 18.0 Å². The van der Waals surface area contributed by atoms with Crippen molar-refractivity contribution in [3.8, 4) is 0 Å². The van der Waals surface area contributed by atoms with E-state index in [4.69, 9.17) is 11.6 Å². The largest absolute Gasteiger partial charge is 0.417 e. The lowest BCUT2D eigenvalue weighted by Crippen LogP contribution is -2.30. The molecule has 2 nitrogen and oxygen atoms in total. The number of hydrogen-bond acceptors (Lipinski definition) is 1. The van der Waals surface area contributed by atoms with Crippen LogP contribution in [0.2, 0.25) is 5.02 Å². The van der Waals surface area contributed by atoms with Gasteiger partial charge in [0, 0.05) is 11.6 Å². The molecule has 1 amide bonds. The Hall–Kier alpha value is -1.23. The third kappa shape index (κ3) is 3.63. The summed E-state index contributed by atoms with van der Waals surface area (Å²) in [6, 6.07) is 2.93. The highest BCUT2D eigenvalue weighted by Crippen LogP contribution is 2.35. The van der Waals surface area contributed by atoms with Crippen LogP contribution in [0.15, 0.2) is 18.2 Å². The topological polar surface area (TPSA) is 29.1 Å². The van der Waals surface area contributed by atoms with E-state index in [0.717, 1.165) is 12.1 Å². The summed E-state index contributed by atoms with van der Waals surface area (Å²) in [6.07, 6.45) is -4.56. The van der Waals surface area contributed by atoms with Crippen molar-refractivity contribution in [1.82, 2.24) is 5.32 Å². The summed E-state index contributed by atoms with van der Waals surface area (Å²) in [7, 11) is 0. The molecule has 0 saturated heterocycles.